The van der Waals surface area contributed by atoms with Crippen molar-refractivity contribution in [3.8, 4) is 0 Å². The van der Waals surface area contributed by atoms with Crippen molar-refractivity contribution in [2.75, 3.05) is 30.1 Å². The third-order valence-corrected chi connectivity index (χ3v) is 4.33. The second-order valence-corrected chi connectivity index (χ2v) is 6.57. The van der Waals surface area contributed by atoms with Crippen LogP contribution in [0.5, 0.6) is 0 Å². The first-order chi connectivity index (χ1) is 12.1. The molecular formula is C19H22N2O3S. The number of benzene rings is 2. The first-order valence-electron chi connectivity index (χ1n) is 7.89. The minimum atomic E-state index is -0.236. The summed E-state index contributed by atoms with van der Waals surface area (Å²) < 4.78 is 4.77. The molecule has 0 heterocycles. The van der Waals surface area contributed by atoms with Crippen LogP contribution in [0, 0.1) is 6.92 Å². The average Bonchev–Trinajstić information content (AvgIpc) is 2.57. The molecule has 2 amide bonds. The van der Waals surface area contributed by atoms with Gasteiger partial charge in [0.25, 0.3) is 0 Å². The van der Waals surface area contributed by atoms with Crippen LogP contribution in [0.2, 0.25) is 0 Å². The number of methoxy groups -OCH3 is 1. The van der Waals surface area contributed by atoms with Crippen molar-refractivity contribution in [1.29, 1.82) is 0 Å². The summed E-state index contributed by atoms with van der Waals surface area (Å²) in [7, 11) is 1.46. The summed E-state index contributed by atoms with van der Waals surface area (Å²) in [4.78, 5) is 23.6. The van der Waals surface area contributed by atoms with Crippen molar-refractivity contribution in [2.45, 2.75) is 12.7 Å². The van der Waals surface area contributed by atoms with Crippen LogP contribution < -0.4 is 10.6 Å². The quantitative estimate of drug-likeness (QED) is 0.758. The van der Waals surface area contributed by atoms with Gasteiger partial charge < -0.3 is 15.4 Å². The highest BCUT2D eigenvalue weighted by Crippen LogP contribution is 2.17. The molecule has 0 aromatic heterocycles. The second kappa shape index (κ2) is 9.86. The molecule has 25 heavy (non-hydrogen) atoms. The Morgan fingerprint density at radius 2 is 1.64 bits per heavy atom. The van der Waals surface area contributed by atoms with Crippen molar-refractivity contribution in [2.24, 2.45) is 0 Å². The lowest BCUT2D eigenvalue weighted by Crippen LogP contribution is -2.18. The van der Waals surface area contributed by atoms with Gasteiger partial charge >= 0.3 is 0 Å². The first kappa shape index (κ1) is 19.0. The van der Waals surface area contributed by atoms with E-state index in [1.54, 1.807) is 36.0 Å². The highest BCUT2D eigenvalue weighted by Gasteiger charge is 2.06. The molecule has 0 unspecified atom stereocenters. The molecule has 2 rings (SSSR count). The lowest BCUT2D eigenvalue weighted by atomic mass is 10.2. The molecule has 2 aromatic carbocycles. The molecule has 0 saturated carbocycles. The van der Waals surface area contributed by atoms with E-state index in [0.29, 0.717) is 17.1 Å². The van der Waals surface area contributed by atoms with Crippen LogP contribution >= 0.6 is 11.8 Å². The molecule has 2 aromatic rings. The molecule has 0 bridgehead atoms. The van der Waals surface area contributed by atoms with Crippen LogP contribution in [-0.2, 0) is 20.1 Å². The van der Waals surface area contributed by atoms with Gasteiger partial charge in [0.05, 0.1) is 5.75 Å². The fraction of sp³-hybridized carbons (Fsp3) is 0.263. The minimum Gasteiger partial charge on any atom is -0.375 e. The fourth-order valence-corrected chi connectivity index (χ4v) is 2.93. The van der Waals surface area contributed by atoms with Gasteiger partial charge in [-0.1, -0.05) is 35.9 Å². The van der Waals surface area contributed by atoms with Gasteiger partial charge in [-0.05, 0) is 30.7 Å². The summed E-state index contributed by atoms with van der Waals surface area (Å²) >= 11 is 1.56. The molecule has 0 saturated heterocycles. The lowest BCUT2D eigenvalue weighted by molar-refractivity contribution is -0.119. The number of hydrogen-bond donors (Lipinski definition) is 2. The number of carbonyl (C=O) groups is 2. The van der Waals surface area contributed by atoms with Crippen molar-refractivity contribution < 1.29 is 14.3 Å². The summed E-state index contributed by atoms with van der Waals surface area (Å²) in [6.07, 6.45) is 0. The highest BCUT2D eigenvalue weighted by molar-refractivity contribution is 7.99. The maximum absolute atomic E-state index is 12.1. The molecule has 0 aliphatic heterocycles. The molecule has 0 spiro atoms. The van der Waals surface area contributed by atoms with E-state index in [4.69, 9.17) is 4.74 Å². The topological polar surface area (TPSA) is 67.4 Å². The van der Waals surface area contributed by atoms with Crippen molar-refractivity contribution in [1.82, 2.24) is 0 Å². The van der Waals surface area contributed by atoms with Gasteiger partial charge in [0.1, 0.15) is 6.61 Å². The molecular weight excluding hydrogens is 336 g/mol. The molecule has 0 fully saturated rings. The van der Waals surface area contributed by atoms with E-state index in [-0.39, 0.29) is 18.4 Å². The van der Waals surface area contributed by atoms with E-state index < -0.39 is 0 Å². The van der Waals surface area contributed by atoms with Gasteiger partial charge in [-0.25, -0.2) is 0 Å². The molecule has 0 radical (unpaired) electrons. The molecule has 2 N–H and O–H groups in total. The lowest BCUT2D eigenvalue weighted by Gasteiger charge is -2.09. The van der Waals surface area contributed by atoms with Crippen LogP contribution in [0.4, 0.5) is 11.4 Å². The minimum absolute atomic E-state index is 0.00770. The Hall–Kier alpha value is -2.31. The number of thioether (sulfide) groups is 1. The zero-order valence-electron chi connectivity index (χ0n) is 14.4. The Morgan fingerprint density at radius 1 is 1.00 bits per heavy atom. The second-order valence-electron chi connectivity index (χ2n) is 5.59. The van der Waals surface area contributed by atoms with Crippen LogP contribution in [-0.4, -0.2) is 31.3 Å². The van der Waals surface area contributed by atoms with Crippen LogP contribution in [0.15, 0.2) is 48.5 Å². The number of aryl methyl sites for hydroxylation is 1. The molecule has 132 valence electrons. The Balaban J connectivity index is 1.79. The van der Waals surface area contributed by atoms with Gasteiger partial charge in [-0.15, -0.1) is 11.8 Å². The molecule has 6 heteroatoms. The number of ether oxygens (including phenoxy) is 1. The smallest absolute Gasteiger partial charge is 0.250 e. The van der Waals surface area contributed by atoms with Crippen molar-refractivity contribution >= 4 is 35.0 Å². The highest BCUT2D eigenvalue weighted by atomic mass is 32.2. The van der Waals surface area contributed by atoms with Gasteiger partial charge in [0.15, 0.2) is 0 Å². The third kappa shape index (κ3) is 6.99. The van der Waals surface area contributed by atoms with E-state index >= 15 is 0 Å². The summed E-state index contributed by atoms with van der Waals surface area (Å²) in [6, 6.07) is 15.3. The molecule has 0 aliphatic rings. The van der Waals surface area contributed by atoms with Crippen LogP contribution in [0.25, 0.3) is 0 Å². The standard InChI is InChI=1S/C19H22N2O3S/c1-14-6-8-15(9-7-14)12-25-13-19(23)21-17-5-3-4-16(10-17)20-18(22)11-24-2/h3-10H,11-13H2,1-2H3,(H,20,22)(H,21,23). The SMILES string of the molecule is COCC(=O)Nc1cccc(NC(=O)CSCc2ccc(C)cc2)c1. The summed E-state index contributed by atoms with van der Waals surface area (Å²) in [5.41, 5.74) is 3.69. The van der Waals surface area contributed by atoms with Crippen LogP contribution in [0.3, 0.4) is 0 Å². The normalized spacial score (nSPS) is 10.3. The monoisotopic (exact) mass is 358 g/mol. The van der Waals surface area contributed by atoms with E-state index in [2.05, 4.69) is 41.8 Å². The van der Waals surface area contributed by atoms with Gasteiger partial charge in [0, 0.05) is 24.2 Å². The first-order valence-corrected chi connectivity index (χ1v) is 9.04. The van der Waals surface area contributed by atoms with Gasteiger partial charge in [0.2, 0.25) is 11.8 Å². The van der Waals surface area contributed by atoms with E-state index in [0.717, 1.165) is 5.75 Å². The van der Waals surface area contributed by atoms with Gasteiger partial charge in [-0.2, -0.15) is 0 Å². The van der Waals surface area contributed by atoms with E-state index in [1.807, 2.05) is 0 Å². The zero-order valence-corrected chi connectivity index (χ0v) is 15.2. The number of anilines is 2. The number of carbonyl (C=O) groups excluding carboxylic acids is 2. The van der Waals surface area contributed by atoms with Crippen molar-refractivity contribution in [3.05, 3.63) is 59.7 Å². The number of rotatable bonds is 8. The van der Waals surface area contributed by atoms with Crippen molar-refractivity contribution in [3.63, 3.8) is 0 Å². The fourth-order valence-electron chi connectivity index (χ4n) is 2.15. The summed E-state index contributed by atoms with van der Waals surface area (Å²) in [5, 5.41) is 5.55. The molecule has 0 aliphatic carbocycles. The number of hydrogen-bond acceptors (Lipinski definition) is 4. The predicted molar refractivity (Wildman–Crippen MR) is 103 cm³/mol. The largest absolute Gasteiger partial charge is 0.375 e. The van der Waals surface area contributed by atoms with E-state index in [1.165, 1.54) is 18.2 Å². The number of amides is 2. The maximum atomic E-state index is 12.1. The molecule has 0 atom stereocenters. The third-order valence-electron chi connectivity index (χ3n) is 3.33. The zero-order chi connectivity index (χ0) is 18.1. The summed E-state index contributed by atoms with van der Waals surface area (Å²) in [6.45, 7) is 2.04. The predicted octanol–water partition coefficient (Wildman–Crippen LogP) is 3.45. The van der Waals surface area contributed by atoms with Crippen LogP contribution in [0.1, 0.15) is 11.1 Å². The Labute approximate surface area is 152 Å². The van der Waals surface area contributed by atoms with Gasteiger partial charge in [-0.3, -0.25) is 9.59 Å². The van der Waals surface area contributed by atoms with E-state index in [9.17, 15) is 9.59 Å². The Morgan fingerprint density at radius 3 is 2.28 bits per heavy atom. The summed E-state index contributed by atoms with van der Waals surface area (Å²) in [5.74, 6) is 0.853. The number of nitrogens with one attached hydrogen (secondary N) is 2. The Bertz CT molecular complexity index is 717. The average molecular weight is 358 g/mol. The molecule has 5 nitrogen and oxygen atoms in total. The maximum Gasteiger partial charge on any atom is 0.250 e. The Kier molecular flexibility index (Phi) is 7.50.